The van der Waals surface area contributed by atoms with Crippen molar-refractivity contribution in [2.24, 2.45) is 0 Å². The van der Waals surface area contributed by atoms with Gasteiger partial charge in [-0.25, -0.2) is 6.08 Å². The zero-order valence-electron chi connectivity index (χ0n) is 7.16. The zero-order chi connectivity index (χ0) is 6.69. The fourth-order valence-electron chi connectivity index (χ4n) is 0.719. The quantitative estimate of drug-likeness (QED) is 0.539. The minimum Gasteiger partial charge on any atom is -0.259 e. The van der Waals surface area contributed by atoms with E-state index < -0.39 is 0 Å². The van der Waals surface area contributed by atoms with Crippen LogP contribution < -0.4 is 0 Å². The molecule has 1 rings (SSSR count). The first-order chi connectivity index (χ1) is 4.29. The van der Waals surface area contributed by atoms with E-state index in [0.29, 0.717) is 5.25 Å². The fourth-order valence-corrected chi connectivity index (χ4v) is 1.57. The molecular formula is C8H13Cl2STi-. The average Bonchev–Trinajstić information content (AvgIpc) is 2.15. The van der Waals surface area contributed by atoms with Crippen molar-refractivity contribution in [1.82, 2.24) is 0 Å². The van der Waals surface area contributed by atoms with E-state index >= 15 is 0 Å². The molecule has 0 atom stereocenters. The van der Waals surface area contributed by atoms with Gasteiger partial charge in [0.25, 0.3) is 0 Å². The summed E-state index contributed by atoms with van der Waals surface area (Å²) in [4.78, 5) is 1.31. The molecule has 0 amide bonds. The number of allylic oxidation sites excluding steroid dienone is 3. The van der Waals surface area contributed by atoms with Crippen molar-refractivity contribution in [2.45, 2.75) is 25.5 Å². The fraction of sp³-hybridized carbons (Fsp3) is 0.500. The van der Waals surface area contributed by atoms with Gasteiger partial charge in [0.2, 0.25) is 0 Å². The van der Waals surface area contributed by atoms with Gasteiger partial charge >= 0.3 is 0 Å². The van der Waals surface area contributed by atoms with Gasteiger partial charge in [0, 0.05) is 27.0 Å². The molecule has 0 bridgehead atoms. The molecule has 0 spiro atoms. The Labute approximate surface area is 106 Å². The van der Waals surface area contributed by atoms with Gasteiger partial charge in [-0.05, 0) is 0 Å². The standard InChI is InChI=1S/C8H11S.2ClH.Ti/c1-7(2)9-8-5-3-4-6-8;;;/h3,5,7H,4H2,1-2H3;2*1H;/q-1;;;. The second kappa shape index (κ2) is 10.2. The number of halogens is 2. The summed E-state index contributed by atoms with van der Waals surface area (Å²) in [5.74, 6) is 0. The normalized spacial score (nSPS) is 12.8. The van der Waals surface area contributed by atoms with Crippen LogP contribution in [0.15, 0.2) is 17.1 Å². The van der Waals surface area contributed by atoms with Gasteiger partial charge < -0.3 is 0 Å². The molecule has 1 aliphatic rings. The maximum Gasteiger partial charge on any atom is 0.000727 e. The molecular weight excluding hydrogens is 247 g/mol. The molecule has 4 heteroatoms. The topological polar surface area (TPSA) is 0 Å². The first kappa shape index (κ1) is 18.8. The van der Waals surface area contributed by atoms with E-state index in [2.05, 4.69) is 32.1 Å². The van der Waals surface area contributed by atoms with Gasteiger partial charge in [-0.2, -0.15) is 22.7 Å². The Kier molecular flexibility index (Phi) is 16.0. The van der Waals surface area contributed by atoms with Crippen LogP contribution in [0.25, 0.3) is 0 Å². The van der Waals surface area contributed by atoms with Crippen molar-refractivity contribution >= 4 is 36.6 Å². The van der Waals surface area contributed by atoms with Crippen LogP contribution in [0.2, 0.25) is 0 Å². The Morgan fingerprint density at radius 2 is 2.00 bits per heavy atom. The van der Waals surface area contributed by atoms with Gasteiger partial charge in [0.05, 0.1) is 0 Å². The van der Waals surface area contributed by atoms with Crippen molar-refractivity contribution in [3.63, 3.8) is 0 Å². The van der Waals surface area contributed by atoms with Crippen LogP contribution in [0.3, 0.4) is 0 Å². The summed E-state index contributed by atoms with van der Waals surface area (Å²) >= 11 is 1.88. The van der Waals surface area contributed by atoms with Crippen LogP contribution in [-0.2, 0) is 21.7 Å². The summed E-state index contributed by atoms with van der Waals surface area (Å²) < 4.78 is 0. The summed E-state index contributed by atoms with van der Waals surface area (Å²) in [5.41, 5.74) is 0. The summed E-state index contributed by atoms with van der Waals surface area (Å²) in [5, 5.41) is 0.690. The number of hydrogen-bond donors (Lipinski definition) is 0. The third-order valence-corrected chi connectivity index (χ3v) is 2.03. The minimum atomic E-state index is 0. The zero-order valence-corrected chi connectivity index (χ0v) is 11.2. The van der Waals surface area contributed by atoms with Crippen molar-refractivity contribution < 1.29 is 21.7 Å². The van der Waals surface area contributed by atoms with Crippen LogP contribution in [0.5, 0.6) is 0 Å². The van der Waals surface area contributed by atoms with Crippen LogP contribution in [0, 0.1) is 6.08 Å². The molecule has 0 fully saturated rings. The van der Waals surface area contributed by atoms with Crippen molar-refractivity contribution in [3.05, 3.63) is 23.1 Å². The largest absolute Gasteiger partial charge is 0.259 e. The maximum atomic E-state index is 3.26. The Hall–Kier alpha value is 1.12. The summed E-state index contributed by atoms with van der Waals surface area (Å²) in [6, 6.07) is 0. The Morgan fingerprint density at radius 3 is 2.33 bits per heavy atom. The van der Waals surface area contributed by atoms with Crippen molar-refractivity contribution in [2.75, 3.05) is 0 Å². The van der Waals surface area contributed by atoms with Gasteiger partial charge in [-0.1, -0.05) is 13.8 Å². The summed E-state index contributed by atoms with van der Waals surface area (Å²) in [6.07, 6.45) is 8.55. The molecule has 0 saturated carbocycles. The predicted octanol–water partition coefficient (Wildman–Crippen LogP) is 3.62. The molecule has 0 aliphatic heterocycles. The van der Waals surface area contributed by atoms with Crippen LogP contribution in [0.4, 0.5) is 0 Å². The second-order valence-corrected chi connectivity index (χ2v) is 3.93. The molecule has 12 heavy (non-hydrogen) atoms. The Balaban J connectivity index is -0.000000270. The van der Waals surface area contributed by atoms with E-state index in [0.717, 1.165) is 6.42 Å². The Bertz CT molecular complexity index is 155. The number of hydrogen-bond acceptors (Lipinski definition) is 1. The predicted molar refractivity (Wildman–Crippen MR) is 57.7 cm³/mol. The molecule has 0 saturated heterocycles. The molecule has 0 N–H and O–H groups in total. The first-order valence-electron chi connectivity index (χ1n) is 3.23. The van der Waals surface area contributed by atoms with Gasteiger partial charge in [0.15, 0.2) is 0 Å². The van der Waals surface area contributed by atoms with E-state index in [-0.39, 0.29) is 46.5 Å². The van der Waals surface area contributed by atoms with E-state index in [9.17, 15) is 0 Å². The second-order valence-electron chi connectivity index (χ2n) is 2.31. The molecule has 0 heterocycles. The molecule has 0 aromatic heterocycles. The van der Waals surface area contributed by atoms with E-state index in [1.165, 1.54) is 4.91 Å². The van der Waals surface area contributed by atoms with Crippen molar-refractivity contribution in [3.8, 4) is 0 Å². The van der Waals surface area contributed by atoms with Crippen LogP contribution in [-0.4, -0.2) is 5.25 Å². The van der Waals surface area contributed by atoms with Gasteiger partial charge in [0.1, 0.15) is 0 Å². The van der Waals surface area contributed by atoms with E-state index in [1.54, 1.807) is 0 Å². The number of thioether (sulfide) groups is 1. The molecule has 0 unspecified atom stereocenters. The van der Waals surface area contributed by atoms with Crippen LogP contribution >= 0.6 is 36.6 Å². The molecule has 0 aromatic rings. The monoisotopic (exact) mass is 259 g/mol. The molecule has 1 aliphatic carbocycles. The van der Waals surface area contributed by atoms with Crippen LogP contribution in [0.1, 0.15) is 20.3 Å². The van der Waals surface area contributed by atoms with E-state index in [1.807, 2.05) is 11.8 Å². The van der Waals surface area contributed by atoms with Gasteiger partial charge in [-0.15, -0.1) is 31.2 Å². The molecule has 70 valence electrons. The molecule has 0 aromatic carbocycles. The van der Waals surface area contributed by atoms with Crippen molar-refractivity contribution in [1.29, 1.82) is 0 Å². The molecule has 0 radical (unpaired) electrons. The smallest absolute Gasteiger partial charge is 0.000727 e. The average molecular weight is 260 g/mol. The minimum absolute atomic E-state index is 0. The summed E-state index contributed by atoms with van der Waals surface area (Å²) in [6.45, 7) is 4.40. The third-order valence-electron chi connectivity index (χ3n) is 1.03. The SMILES string of the molecule is CC(C)SC1=[C-]CC=C1.Cl.Cl.[Ti]. The molecule has 0 nitrogen and oxygen atoms in total. The van der Waals surface area contributed by atoms with Gasteiger partial charge in [-0.3, -0.25) is 6.08 Å². The summed E-state index contributed by atoms with van der Waals surface area (Å²) in [7, 11) is 0. The Morgan fingerprint density at radius 1 is 1.42 bits per heavy atom. The first-order valence-corrected chi connectivity index (χ1v) is 4.11. The maximum absolute atomic E-state index is 3.26. The number of rotatable bonds is 2. The third kappa shape index (κ3) is 7.76. The van der Waals surface area contributed by atoms with E-state index in [4.69, 9.17) is 0 Å².